The van der Waals surface area contributed by atoms with Crippen molar-refractivity contribution in [2.24, 2.45) is 5.92 Å². The van der Waals surface area contributed by atoms with Crippen LogP contribution in [-0.4, -0.2) is 46.1 Å². The molecule has 1 aliphatic heterocycles. The van der Waals surface area contributed by atoms with Gasteiger partial charge in [0.15, 0.2) is 0 Å². The standard InChI is InChI=1S/C25H23ClF2N4O3/c26-18-6-3-4-15(22(18)28)11-29-23(33)21-10-16(27)12-32(21)25(35)30-19-13-31(24(34)14-8-9-14)20-7-2-1-5-17(19)20/h1-7,13-14,16,21H,8-12H2,(H,29,33)(H,30,35)/t16-,21+/m1/s1. The first-order chi connectivity index (χ1) is 16.8. The Morgan fingerprint density at radius 2 is 1.86 bits per heavy atom. The molecule has 0 bridgehead atoms. The largest absolute Gasteiger partial charge is 0.350 e. The van der Waals surface area contributed by atoms with Crippen LogP contribution in [0.5, 0.6) is 0 Å². The first-order valence-corrected chi connectivity index (χ1v) is 11.8. The first-order valence-electron chi connectivity index (χ1n) is 11.4. The quantitative estimate of drug-likeness (QED) is 0.530. The summed E-state index contributed by atoms with van der Waals surface area (Å²) in [7, 11) is 0. The van der Waals surface area contributed by atoms with Gasteiger partial charge < -0.3 is 15.5 Å². The molecule has 0 radical (unpaired) electrons. The minimum Gasteiger partial charge on any atom is -0.350 e. The number of anilines is 1. The third kappa shape index (κ3) is 4.60. The minimum atomic E-state index is -1.38. The maximum atomic E-state index is 14.3. The number of amides is 3. The Morgan fingerprint density at radius 3 is 2.63 bits per heavy atom. The molecule has 1 aliphatic carbocycles. The lowest BCUT2D eigenvalue weighted by atomic mass is 10.1. The number of likely N-dealkylation sites (tertiary alicyclic amines) is 1. The minimum absolute atomic E-state index is 0.0161. The van der Waals surface area contributed by atoms with Gasteiger partial charge in [0.25, 0.3) is 0 Å². The fourth-order valence-electron chi connectivity index (χ4n) is 4.42. The average Bonchev–Trinajstić information content (AvgIpc) is 3.54. The third-order valence-electron chi connectivity index (χ3n) is 6.42. The molecule has 0 unspecified atom stereocenters. The van der Waals surface area contributed by atoms with E-state index in [1.54, 1.807) is 30.5 Å². The van der Waals surface area contributed by atoms with Crippen molar-refractivity contribution in [2.45, 2.75) is 38.0 Å². The molecular formula is C25H23ClF2N4O3. The van der Waals surface area contributed by atoms with Crippen LogP contribution >= 0.6 is 11.6 Å². The van der Waals surface area contributed by atoms with Gasteiger partial charge in [-0.1, -0.05) is 41.9 Å². The van der Waals surface area contributed by atoms with E-state index in [4.69, 9.17) is 11.6 Å². The summed E-state index contributed by atoms with van der Waals surface area (Å²) in [4.78, 5) is 39.8. The number of carbonyl (C=O) groups excluding carboxylic acids is 3. The Kier molecular flexibility index (Phi) is 6.19. The summed E-state index contributed by atoms with van der Waals surface area (Å²) < 4.78 is 30.0. The summed E-state index contributed by atoms with van der Waals surface area (Å²) in [6, 6.07) is 9.91. The van der Waals surface area contributed by atoms with Crippen LogP contribution in [0.3, 0.4) is 0 Å². The van der Waals surface area contributed by atoms with E-state index in [1.165, 1.54) is 16.7 Å². The average molecular weight is 501 g/mol. The highest BCUT2D eigenvalue weighted by molar-refractivity contribution is 6.30. The topological polar surface area (TPSA) is 83.4 Å². The molecule has 5 rings (SSSR count). The number of carbonyl (C=O) groups is 3. The lowest BCUT2D eigenvalue weighted by Crippen LogP contribution is -2.47. The number of urea groups is 1. The second-order valence-corrected chi connectivity index (χ2v) is 9.31. The molecule has 0 spiro atoms. The molecular weight excluding hydrogens is 478 g/mol. The van der Waals surface area contributed by atoms with Gasteiger partial charge in [-0.2, -0.15) is 0 Å². The zero-order chi connectivity index (χ0) is 24.7. The van der Waals surface area contributed by atoms with Crippen molar-refractivity contribution in [3.8, 4) is 0 Å². The number of halogens is 3. The van der Waals surface area contributed by atoms with Crippen molar-refractivity contribution in [3.05, 3.63) is 65.1 Å². The number of nitrogens with one attached hydrogen (secondary N) is 2. The molecule has 2 aromatic carbocycles. The van der Waals surface area contributed by atoms with Crippen LogP contribution in [0.25, 0.3) is 10.9 Å². The number of fused-ring (bicyclic) bond motifs is 1. The van der Waals surface area contributed by atoms with Gasteiger partial charge in [-0.25, -0.2) is 13.6 Å². The number of rotatable bonds is 5. The Balaban J connectivity index is 1.32. The van der Waals surface area contributed by atoms with Crippen LogP contribution in [0.2, 0.25) is 5.02 Å². The molecule has 3 aromatic rings. The van der Waals surface area contributed by atoms with Crippen LogP contribution < -0.4 is 10.6 Å². The van der Waals surface area contributed by atoms with Crippen LogP contribution in [0.15, 0.2) is 48.7 Å². The van der Waals surface area contributed by atoms with E-state index in [0.29, 0.717) is 16.6 Å². The number of hydrogen-bond donors (Lipinski definition) is 2. The molecule has 35 heavy (non-hydrogen) atoms. The van der Waals surface area contributed by atoms with E-state index in [9.17, 15) is 23.2 Å². The van der Waals surface area contributed by atoms with Crippen LogP contribution in [-0.2, 0) is 11.3 Å². The zero-order valence-electron chi connectivity index (χ0n) is 18.6. The van der Waals surface area contributed by atoms with E-state index < -0.39 is 30.0 Å². The molecule has 1 saturated heterocycles. The van der Waals surface area contributed by atoms with Crippen molar-refractivity contribution < 1.29 is 23.2 Å². The normalized spacial score (nSPS) is 19.7. The summed E-state index contributed by atoms with van der Waals surface area (Å²) in [5, 5.41) is 5.92. The van der Waals surface area contributed by atoms with Crippen LogP contribution in [0, 0.1) is 11.7 Å². The fraction of sp³-hybridized carbons (Fsp3) is 0.320. The van der Waals surface area contributed by atoms with Crippen molar-refractivity contribution in [1.29, 1.82) is 0 Å². The monoisotopic (exact) mass is 500 g/mol. The molecule has 2 fully saturated rings. The molecule has 2 atom stereocenters. The first kappa shape index (κ1) is 23.3. The molecule has 2 heterocycles. The number of alkyl halides is 1. The molecule has 10 heteroatoms. The molecule has 2 N–H and O–H groups in total. The van der Waals surface area contributed by atoms with Crippen LogP contribution in [0.4, 0.5) is 19.3 Å². The summed E-state index contributed by atoms with van der Waals surface area (Å²) in [6.07, 6.45) is 1.71. The summed E-state index contributed by atoms with van der Waals surface area (Å²) in [5.74, 6) is -1.28. The maximum absolute atomic E-state index is 14.3. The Morgan fingerprint density at radius 1 is 1.09 bits per heavy atom. The predicted molar refractivity (Wildman–Crippen MR) is 128 cm³/mol. The summed E-state index contributed by atoms with van der Waals surface area (Å²) in [5.41, 5.74) is 1.26. The van der Waals surface area contributed by atoms with E-state index in [1.807, 2.05) is 6.07 Å². The van der Waals surface area contributed by atoms with E-state index in [-0.39, 0.29) is 41.9 Å². The molecule has 1 saturated carbocycles. The lowest BCUT2D eigenvalue weighted by Gasteiger charge is -2.24. The number of benzene rings is 2. The van der Waals surface area contributed by atoms with Crippen molar-refractivity contribution in [3.63, 3.8) is 0 Å². The number of para-hydroxylation sites is 1. The smallest absolute Gasteiger partial charge is 0.322 e. The van der Waals surface area contributed by atoms with E-state index in [2.05, 4.69) is 10.6 Å². The number of nitrogens with zero attached hydrogens (tertiary/aromatic N) is 2. The number of aromatic nitrogens is 1. The van der Waals surface area contributed by atoms with Crippen molar-refractivity contribution >= 4 is 46.0 Å². The molecule has 2 aliphatic rings. The SMILES string of the molecule is O=C(NCc1cccc(Cl)c1F)[C@@H]1C[C@@H](F)CN1C(=O)Nc1cn(C(=O)C2CC2)c2ccccc12. The molecule has 7 nitrogen and oxygen atoms in total. The lowest BCUT2D eigenvalue weighted by molar-refractivity contribution is -0.124. The highest BCUT2D eigenvalue weighted by Gasteiger charge is 2.40. The Hall–Kier alpha value is -3.46. The highest BCUT2D eigenvalue weighted by atomic mass is 35.5. The zero-order valence-corrected chi connectivity index (χ0v) is 19.4. The number of hydrogen-bond acceptors (Lipinski definition) is 3. The van der Waals surface area contributed by atoms with Crippen molar-refractivity contribution in [2.75, 3.05) is 11.9 Å². The second-order valence-electron chi connectivity index (χ2n) is 8.90. The van der Waals surface area contributed by atoms with Gasteiger partial charge in [0.1, 0.15) is 18.0 Å². The molecule has 1 aromatic heterocycles. The summed E-state index contributed by atoms with van der Waals surface area (Å²) >= 11 is 5.78. The second kappa shape index (κ2) is 9.30. The van der Waals surface area contributed by atoms with Crippen LogP contribution in [0.1, 0.15) is 29.6 Å². The van der Waals surface area contributed by atoms with Gasteiger partial charge in [-0.05, 0) is 25.0 Å². The van der Waals surface area contributed by atoms with Gasteiger partial charge in [-0.15, -0.1) is 0 Å². The Bertz CT molecular complexity index is 1320. The van der Waals surface area contributed by atoms with E-state index in [0.717, 1.165) is 17.7 Å². The third-order valence-corrected chi connectivity index (χ3v) is 6.71. The highest BCUT2D eigenvalue weighted by Crippen LogP contribution is 2.34. The van der Waals surface area contributed by atoms with Crippen molar-refractivity contribution in [1.82, 2.24) is 14.8 Å². The van der Waals surface area contributed by atoms with Gasteiger partial charge in [-0.3, -0.25) is 14.2 Å². The fourth-order valence-corrected chi connectivity index (χ4v) is 4.61. The summed E-state index contributed by atoms with van der Waals surface area (Å²) in [6.45, 7) is -0.403. The van der Waals surface area contributed by atoms with Gasteiger partial charge >= 0.3 is 6.03 Å². The van der Waals surface area contributed by atoms with Gasteiger partial charge in [0, 0.05) is 36.0 Å². The predicted octanol–water partition coefficient (Wildman–Crippen LogP) is 4.74. The Labute approximate surface area is 205 Å². The van der Waals surface area contributed by atoms with E-state index >= 15 is 0 Å². The maximum Gasteiger partial charge on any atom is 0.322 e. The molecule has 182 valence electrons. The van der Waals surface area contributed by atoms with Gasteiger partial charge in [0.05, 0.1) is 22.8 Å². The van der Waals surface area contributed by atoms with Gasteiger partial charge in [0.2, 0.25) is 11.8 Å². The molecule has 3 amide bonds.